The van der Waals surface area contributed by atoms with E-state index < -0.39 is 11.6 Å². The molecule has 1 aromatic heterocycles. The summed E-state index contributed by atoms with van der Waals surface area (Å²) in [4.78, 5) is 4.29. The number of benzene rings is 1. The van der Waals surface area contributed by atoms with Crippen molar-refractivity contribution in [3.05, 3.63) is 53.2 Å². The molecule has 1 N–H and O–H groups in total. The molecule has 0 bridgehead atoms. The number of nitrogens with zero attached hydrogens (tertiary/aromatic N) is 1. The molecule has 0 amide bonds. The van der Waals surface area contributed by atoms with E-state index in [1.54, 1.807) is 6.07 Å². The van der Waals surface area contributed by atoms with Crippen LogP contribution in [0.2, 0.25) is 0 Å². The minimum absolute atomic E-state index is 0.162. The number of halogens is 2. The van der Waals surface area contributed by atoms with Gasteiger partial charge in [-0.25, -0.2) is 13.8 Å². The first kappa shape index (κ1) is 15.4. The molecule has 2 aromatic rings. The van der Waals surface area contributed by atoms with Gasteiger partial charge in [0, 0.05) is 24.4 Å². The molecule has 5 heteroatoms. The largest absolute Gasteiger partial charge is 0.436 e. The third-order valence-corrected chi connectivity index (χ3v) is 2.96. The van der Waals surface area contributed by atoms with Gasteiger partial charge in [-0.1, -0.05) is 13.8 Å². The van der Waals surface area contributed by atoms with Crippen LogP contribution in [-0.4, -0.2) is 11.5 Å². The van der Waals surface area contributed by atoms with Crippen LogP contribution in [0.3, 0.4) is 0 Å². The molecule has 0 unspecified atom stereocenters. The van der Waals surface area contributed by atoms with Crippen molar-refractivity contribution in [1.82, 2.24) is 10.3 Å². The lowest BCUT2D eigenvalue weighted by molar-refractivity contribution is 0.420. The van der Waals surface area contributed by atoms with Gasteiger partial charge in [0.2, 0.25) is 5.88 Å². The first-order chi connectivity index (χ1) is 10.1. The fourth-order valence-corrected chi connectivity index (χ4v) is 1.89. The minimum atomic E-state index is -0.617. The van der Waals surface area contributed by atoms with Crippen LogP contribution in [0.4, 0.5) is 8.78 Å². The van der Waals surface area contributed by atoms with Crippen LogP contribution in [0.25, 0.3) is 0 Å². The molecule has 0 aliphatic heterocycles. The SMILES string of the molecule is CCNCc1cc(CC)nc(Oc2cc(F)ccc2F)c1. The third-order valence-electron chi connectivity index (χ3n) is 2.96. The molecule has 0 atom stereocenters. The standard InChI is InChI=1S/C16H18F2N2O/c1-3-13-7-11(10-19-4-2)8-16(20-13)21-15-9-12(17)5-6-14(15)18/h5-9,19H,3-4,10H2,1-2H3. The number of aryl methyl sites for hydroxylation is 1. The number of hydrogen-bond donors (Lipinski definition) is 1. The van der Waals surface area contributed by atoms with E-state index in [1.165, 1.54) is 0 Å². The highest BCUT2D eigenvalue weighted by Crippen LogP contribution is 2.25. The Morgan fingerprint density at radius 1 is 1.14 bits per heavy atom. The summed E-state index contributed by atoms with van der Waals surface area (Å²) in [6, 6.07) is 6.80. The van der Waals surface area contributed by atoms with Crippen LogP contribution in [0.1, 0.15) is 25.1 Å². The molecule has 0 aliphatic carbocycles. The Bertz CT molecular complexity index is 617. The summed E-state index contributed by atoms with van der Waals surface area (Å²) in [5.74, 6) is -1.06. The van der Waals surface area contributed by atoms with Gasteiger partial charge in [-0.3, -0.25) is 0 Å². The molecular weight excluding hydrogens is 274 g/mol. The van der Waals surface area contributed by atoms with Gasteiger partial charge in [0.05, 0.1) is 0 Å². The maximum atomic E-state index is 13.6. The zero-order valence-electron chi connectivity index (χ0n) is 12.1. The fraction of sp³-hybridized carbons (Fsp3) is 0.312. The van der Waals surface area contributed by atoms with E-state index in [2.05, 4.69) is 10.3 Å². The molecular formula is C16H18F2N2O. The normalized spacial score (nSPS) is 10.7. The van der Waals surface area contributed by atoms with Crippen molar-refractivity contribution < 1.29 is 13.5 Å². The molecule has 0 aliphatic rings. The number of ether oxygens (including phenoxy) is 1. The van der Waals surface area contributed by atoms with Gasteiger partial charge in [0.1, 0.15) is 5.82 Å². The zero-order valence-corrected chi connectivity index (χ0v) is 12.1. The Kier molecular flexibility index (Phi) is 5.22. The van der Waals surface area contributed by atoms with Gasteiger partial charge in [-0.2, -0.15) is 0 Å². The summed E-state index contributed by atoms with van der Waals surface area (Å²) in [6.07, 6.45) is 0.738. The monoisotopic (exact) mass is 292 g/mol. The van der Waals surface area contributed by atoms with Crippen LogP contribution < -0.4 is 10.1 Å². The minimum Gasteiger partial charge on any atom is -0.436 e. The lowest BCUT2D eigenvalue weighted by Crippen LogP contribution is -2.12. The Hall–Kier alpha value is -2.01. The van der Waals surface area contributed by atoms with Gasteiger partial charge in [0.15, 0.2) is 11.6 Å². The van der Waals surface area contributed by atoms with Gasteiger partial charge >= 0.3 is 0 Å². The predicted octanol–water partition coefficient (Wildman–Crippen LogP) is 3.82. The van der Waals surface area contributed by atoms with Gasteiger partial charge in [-0.05, 0) is 36.7 Å². The Labute approximate surface area is 123 Å². The van der Waals surface area contributed by atoms with Crippen LogP contribution in [-0.2, 0) is 13.0 Å². The van der Waals surface area contributed by atoms with E-state index in [9.17, 15) is 8.78 Å². The fourth-order valence-electron chi connectivity index (χ4n) is 1.89. The van der Waals surface area contributed by atoms with E-state index >= 15 is 0 Å². The molecule has 3 nitrogen and oxygen atoms in total. The van der Waals surface area contributed by atoms with Crippen molar-refractivity contribution in [2.24, 2.45) is 0 Å². The lowest BCUT2D eigenvalue weighted by atomic mass is 10.2. The number of rotatable bonds is 6. The summed E-state index contributed by atoms with van der Waals surface area (Å²) in [7, 11) is 0. The summed E-state index contributed by atoms with van der Waals surface area (Å²) >= 11 is 0. The van der Waals surface area contributed by atoms with E-state index in [-0.39, 0.29) is 11.6 Å². The molecule has 0 fully saturated rings. The van der Waals surface area contributed by atoms with Crippen LogP contribution >= 0.6 is 0 Å². The Morgan fingerprint density at radius 3 is 2.67 bits per heavy atom. The van der Waals surface area contributed by atoms with Crippen LogP contribution in [0.15, 0.2) is 30.3 Å². The molecule has 2 rings (SSSR count). The molecule has 0 radical (unpaired) electrons. The van der Waals surface area contributed by atoms with E-state index in [0.29, 0.717) is 6.54 Å². The van der Waals surface area contributed by atoms with Crippen molar-refractivity contribution >= 4 is 0 Å². The second-order valence-electron chi connectivity index (χ2n) is 4.62. The molecule has 0 saturated carbocycles. The number of hydrogen-bond acceptors (Lipinski definition) is 3. The van der Waals surface area contributed by atoms with Crippen molar-refractivity contribution in [1.29, 1.82) is 0 Å². The van der Waals surface area contributed by atoms with Gasteiger partial charge in [0.25, 0.3) is 0 Å². The number of aromatic nitrogens is 1. The van der Waals surface area contributed by atoms with Crippen molar-refractivity contribution in [3.63, 3.8) is 0 Å². The summed E-state index contributed by atoms with van der Waals surface area (Å²) in [6.45, 7) is 5.51. The number of nitrogens with one attached hydrogen (secondary N) is 1. The lowest BCUT2D eigenvalue weighted by Gasteiger charge is -2.10. The molecule has 0 saturated heterocycles. The van der Waals surface area contributed by atoms with E-state index in [0.717, 1.165) is 42.4 Å². The van der Waals surface area contributed by atoms with Gasteiger partial charge < -0.3 is 10.1 Å². The topological polar surface area (TPSA) is 34.2 Å². The second kappa shape index (κ2) is 7.13. The van der Waals surface area contributed by atoms with Crippen LogP contribution in [0, 0.1) is 11.6 Å². The summed E-state index contributed by atoms with van der Waals surface area (Å²) in [5.41, 5.74) is 1.84. The Balaban J connectivity index is 2.27. The van der Waals surface area contributed by atoms with E-state index in [4.69, 9.17) is 4.74 Å². The quantitative estimate of drug-likeness (QED) is 0.878. The molecule has 112 valence electrons. The highest BCUT2D eigenvalue weighted by atomic mass is 19.1. The average molecular weight is 292 g/mol. The Morgan fingerprint density at radius 2 is 1.95 bits per heavy atom. The average Bonchev–Trinajstić information content (AvgIpc) is 2.48. The second-order valence-corrected chi connectivity index (χ2v) is 4.62. The highest BCUT2D eigenvalue weighted by Gasteiger charge is 2.09. The third kappa shape index (κ3) is 4.23. The van der Waals surface area contributed by atoms with Crippen LogP contribution in [0.5, 0.6) is 11.6 Å². The molecule has 21 heavy (non-hydrogen) atoms. The summed E-state index contributed by atoms with van der Waals surface area (Å²) < 4.78 is 32.2. The molecule has 1 heterocycles. The molecule has 1 aromatic carbocycles. The smallest absolute Gasteiger partial charge is 0.219 e. The van der Waals surface area contributed by atoms with Crippen molar-refractivity contribution in [3.8, 4) is 11.6 Å². The zero-order chi connectivity index (χ0) is 15.2. The number of pyridine rings is 1. The van der Waals surface area contributed by atoms with E-state index in [1.807, 2.05) is 19.9 Å². The van der Waals surface area contributed by atoms with Crippen molar-refractivity contribution in [2.45, 2.75) is 26.8 Å². The first-order valence-electron chi connectivity index (χ1n) is 6.95. The maximum absolute atomic E-state index is 13.6. The predicted molar refractivity (Wildman–Crippen MR) is 77.4 cm³/mol. The summed E-state index contributed by atoms with van der Waals surface area (Å²) in [5, 5.41) is 3.21. The van der Waals surface area contributed by atoms with Gasteiger partial charge in [-0.15, -0.1) is 0 Å². The maximum Gasteiger partial charge on any atom is 0.219 e. The highest BCUT2D eigenvalue weighted by molar-refractivity contribution is 5.32. The first-order valence-corrected chi connectivity index (χ1v) is 6.95. The molecule has 0 spiro atoms. The van der Waals surface area contributed by atoms with Crippen molar-refractivity contribution in [2.75, 3.05) is 6.54 Å².